The van der Waals surface area contributed by atoms with Gasteiger partial charge in [-0.05, 0) is 6.42 Å². The third-order valence-corrected chi connectivity index (χ3v) is 1.79. The third kappa shape index (κ3) is 1.25. The molecule has 2 nitrogen and oxygen atoms in total. The molecule has 9 heavy (non-hydrogen) atoms. The minimum absolute atomic E-state index is 0.0371. The van der Waals surface area contributed by atoms with Gasteiger partial charge in [0.05, 0.1) is 20.2 Å². The topological polar surface area (TPSA) is 29.5 Å². The smallest absolute Gasteiger partial charge is 0.0849 e. The van der Waals surface area contributed by atoms with Gasteiger partial charge in [-0.3, -0.25) is 0 Å². The number of aliphatic hydroxyl groups is 1. The highest BCUT2D eigenvalue weighted by Gasteiger charge is 2.30. The first-order chi connectivity index (χ1) is 4.66. The van der Waals surface area contributed by atoms with Crippen LogP contribution >= 0.6 is 0 Å². The molecule has 1 heterocycles. The van der Waals surface area contributed by atoms with E-state index < -0.39 is 12.7 Å². The summed E-state index contributed by atoms with van der Waals surface area (Å²) in [5, 5.41) is 9.38. The van der Waals surface area contributed by atoms with Crippen LogP contribution in [-0.2, 0) is 4.74 Å². The van der Waals surface area contributed by atoms with Crippen LogP contribution in [0.3, 0.4) is 0 Å². The van der Waals surface area contributed by atoms with E-state index in [1.807, 2.05) is 13.8 Å². The van der Waals surface area contributed by atoms with Crippen LogP contribution in [-0.4, -0.2) is 23.9 Å². The number of hydrogen-bond donors (Lipinski definition) is 1. The zero-order valence-corrected chi connectivity index (χ0v) is 5.87. The fourth-order valence-corrected chi connectivity index (χ4v) is 1.06. The normalized spacial score (nSPS) is 53.4. The molecule has 1 aliphatic rings. The van der Waals surface area contributed by atoms with Crippen LogP contribution in [0.2, 0.25) is 0 Å². The molecule has 2 unspecified atom stereocenters. The minimum atomic E-state index is -0.528. The molecule has 0 radical (unpaired) electrons. The Bertz CT molecular complexity index is 118. The largest absolute Gasteiger partial charge is 0.390 e. The number of ether oxygens (including phenoxy) is 1. The summed E-state index contributed by atoms with van der Waals surface area (Å²) in [6.45, 7) is 3.27. The molecule has 1 rings (SSSR count). The monoisotopic (exact) mass is 132 g/mol. The molecule has 0 aromatic carbocycles. The fraction of sp³-hybridized carbons (Fsp3) is 1.00. The van der Waals surface area contributed by atoms with E-state index in [1.165, 1.54) is 0 Å². The van der Waals surface area contributed by atoms with Crippen molar-refractivity contribution < 1.29 is 11.2 Å². The molecule has 4 atom stereocenters. The highest BCUT2D eigenvalue weighted by Crippen LogP contribution is 2.21. The highest BCUT2D eigenvalue weighted by molar-refractivity contribution is 4.79. The summed E-state index contributed by atoms with van der Waals surface area (Å²) < 4.78 is 12.5. The van der Waals surface area contributed by atoms with E-state index in [9.17, 15) is 5.11 Å². The van der Waals surface area contributed by atoms with Crippen LogP contribution in [0.25, 0.3) is 0 Å². The molecule has 0 saturated carbocycles. The summed E-state index contributed by atoms with van der Waals surface area (Å²) >= 11 is 0. The predicted molar refractivity (Wildman–Crippen MR) is 35.2 cm³/mol. The van der Waals surface area contributed by atoms with Crippen molar-refractivity contribution in [3.8, 4) is 0 Å². The van der Waals surface area contributed by atoms with Crippen molar-refractivity contribution >= 4 is 0 Å². The zero-order chi connectivity index (χ0) is 7.72. The van der Waals surface area contributed by atoms with Gasteiger partial charge in [-0.25, -0.2) is 0 Å². The van der Waals surface area contributed by atoms with Crippen LogP contribution in [0, 0.1) is 5.92 Å². The van der Waals surface area contributed by atoms with Crippen molar-refractivity contribution in [2.75, 3.05) is 6.58 Å². The Morgan fingerprint density at radius 2 is 2.56 bits per heavy atom. The fourth-order valence-electron chi connectivity index (χ4n) is 1.06. The summed E-state index contributed by atoms with van der Waals surface area (Å²) in [6, 6.07) is 0. The van der Waals surface area contributed by atoms with Gasteiger partial charge in [0, 0.05) is 5.92 Å². The molecule has 1 fully saturated rings. The van der Waals surface area contributed by atoms with Gasteiger partial charge < -0.3 is 9.84 Å². The first-order valence-corrected chi connectivity index (χ1v) is 3.42. The van der Waals surface area contributed by atoms with Crippen molar-refractivity contribution in [2.24, 2.45) is 5.92 Å². The van der Waals surface area contributed by atoms with Crippen molar-refractivity contribution in [2.45, 2.75) is 32.5 Å². The second-order valence-electron chi connectivity index (χ2n) is 2.57. The second-order valence-corrected chi connectivity index (χ2v) is 2.57. The van der Waals surface area contributed by atoms with Gasteiger partial charge in [0.15, 0.2) is 0 Å². The average Bonchev–Trinajstić information content (AvgIpc) is 2.17. The molecular formula is C7H14O2. The molecule has 1 N–H and O–H groups in total. The van der Waals surface area contributed by atoms with Crippen molar-refractivity contribution in [1.82, 2.24) is 0 Å². The lowest BCUT2D eigenvalue weighted by molar-refractivity contribution is 0.0375. The van der Waals surface area contributed by atoms with E-state index >= 15 is 0 Å². The molecule has 0 spiro atoms. The molecule has 0 bridgehead atoms. The molecule has 54 valence electrons. The Morgan fingerprint density at radius 1 is 1.89 bits per heavy atom. The summed E-state index contributed by atoms with van der Waals surface area (Å²) in [6.07, 6.45) is 0.242. The quantitative estimate of drug-likeness (QED) is 0.571. The van der Waals surface area contributed by atoms with Gasteiger partial charge in [0.1, 0.15) is 0 Å². The maximum absolute atomic E-state index is 9.38. The average molecular weight is 132 g/mol. The van der Waals surface area contributed by atoms with Crippen molar-refractivity contribution in [3.63, 3.8) is 0 Å². The molecular weight excluding hydrogens is 116 g/mol. The van der Waals surface area contributed by atoms with Crippen LogP contribution in [0.1, 0.15) is 21.6 Å². The lowest BCUT2D eigenvalue weighted by Gasteiger charge is -2.11. The zero-order valence-electron chi connectivity index (χ0n) is 6.87. The van der Waals surface area contributed by atoms with E-state index in [2.05, 4.69) is 0 Å². The SMILES string of the molecule is [3H]C1O[C@H](CC)C(O)[C@@H]1C. The van der Waals surface area contributed by atoms with Gasteiger partial charge in [0.25, 0.3) is 0 Å². The van der Waals surface area contributed by atoms with Gasteiger partial charge in [-0.15, -0.1) is 0 Å². The Morgan fingerprint density at radius 3 is 2.78 bits per heavy atom. The van der Waals surface area contributed by atoms with Crippen LogP contribution in [0.4, 0.5) is 0 Å². The van der Waals surface area contributed by atoms with Crippen molar-refractivity contribution in [3.05, 3.63) is 0 Å². The van der Waals surface area contributed by atoms with Crippen LogP contribution in [0.5, 0.6) is 0 Å². The van der Waals surface area contributed by atoms with Gasteiger partial charge >= 0.3 is 0 Å². The van der Waals surface area contributed by atoms with E-state index in [0.29, 0.717) is 0 Å². The minimum Gasteiger partial charge on any atom is -0.390 e. The Labute approximate surface area is 57.2 Å². The van der Waals surface area contributed by atoms with Gasteiger partial charge in [-0.1, -0.05) is 13.8 Å². The molecule has 0 aliphatic carbocycles. The Hall–Kier alpha value is -0.0800. The first-order valence-electron chi connectivity index (χ1n) is 4.00. The van der Waals surface area contributed by atoms with E-state index in [1.54, 1.807) is 0 Å². The Kier molecular flexibility index (Phi) is 1.69. The molecule has 0 aromatic heterocycles. The standard InChI is InChI=1S/C7H14O2/c1-3-6-7(8)5(2)4-9-6/h5-8H,3-4H2,1-2H3/t5-,6-,7?/m1/s1/i4T/t4?,5-,6-,7?. The van der Waals surface area contributed by atoms with E-state index in [-0.39, 0.29) is 12.0 Å². The Balaban J connectivity index is 2.53. The summed E-state index contributed by atoms with van der Waals surface area (Å²) in [5.74, 6) is -0.0371. The summed E-state index contributed by atoms with van der Waals surface area (Å²) in [4.78, 5) is 0. The van der Waals surface area contributed by atoms with E-state index in [4.69, 9.17) is 6.11 Å². The lowest BCUT2D eigenvalue weighted by Crippen LogP contribution is -2.23. The third-order valence-electron chi connectivity index (χ3n) is 1.79. The molecule has 0 amide bonds. The van der Waals surface area contributed by atoms with E-state index in [0.717, 1.165) is 6.42 Å². The van der Waals surface area contributed by atoms with Crippen LogP contribution in [0.15, 0.2) is 0 Å². The van der Waals surface area contributed by atoms with Crippen molar-refractivity contribution in [1.29, 1.82) is 0 Å². The number of aliphatic hydroxyl groups excluding tert-OH is 1. The summed E-state index contributed by atoms with van der Waals surface area (Å²) in [5.41, 5.74) is 0. The molecule has 0 aromatic rings. The first kappa shape index (κ1) is 5.69. The lowest BCUT2D eigenvalue weighted by atomic mass is 10.0. The summed E-state index contributed by atoms with van der Waals surface area (Å²) in [7, 11) is 0. The predicted octanol–water partition coefficient (Wildman–Crippen LogP) is 0.792. The van der Waals surface area contributed by atoms with Gasteiger partial charge in [-0.2, -0.15) is 0 Å². The second kappa shape index (κ2) is 2.67. The molecule has 1 aliphatic heterocycles. The maximum atomic E-state index is 9.38. The molecule has 2 heteroatoms. The molecule has 1 saturated heterocycles. The maximum Gasteiger partial charge on any atom is 0.0849 e. The van der Waals surface area contributed by atoms with Crippen LogP contribution < -0.4 is 0 Å². The number of rotatable bonds is 1. The highest BCUT2D eigenvalue weighted by atomic mass is 16.5. The van der Waals surface area contributed by atoms with Gasteiger partial charge in [0.2, 0.25) is 0 Å². The number of hydrogen-bond acceptors (Lipinski definition) is 2.